The first kappa shape index (κ1) is 10.3. The number of hydrogen-bond donors (Lipinski definition) is 1. The van der Waals surface area contributed by atoms with Gasteiger partial charge < -0.3 is 19.2 Å². The summed E-state index contributed by atoms with van der Waals surface area (Å²) in [5.41, 5.74) is 0. The summed E-state index contributed by atoms with van der Waals surface area (Å²) in [6.45, 7) is 2.53. The van der Waals surface area contributed by atoms with Crippen LogP contribution in [0.5, 0.6) is 0 Å². The predicted octanol–water partition coefficient (Wildman–Crippen LogP) is 1.84. The van der Waals surface area contributed by atoms with Gasteiger partial charge in [-0.1, -0.05) is 0 Å². The van der Waals surface area contributed by atoms with Crippen LogP contribution in [-0.2, 0) is 9.47 Å². The third kappa shape index (κ3) is 1.88. The van der Waals surface area contributed by atoms with Gasteiger partial charge in [-0.15, -0.1) is 0 Å². The number of nitrogens with one attached hydrogen (secondary N) is 1. The zero-order chi connectivity index (χ0) is 10.8. The summed E-state index contributed by atoms with van der Waals surface area (Å²) >= 11 is 0. The Hall–Kier alpha value is -0.840. The molecule has 1 unspecified atom stereocenters. The van der Waals surface area contributed by atoms with Gasteiger partial charge in [0.05, 0.1) is 25.5 Å². The molecule has 3 heterocycles. The van der Waals surface area contributed by atoms with Crippen LogP contribution in [-0.4, -0.2) is 25.5 Å². The van der Waals surface area contributed by atoms with Crippen LogP contribution in [0.4, 0.5) is 0 Å². The standard InChI is InChI=1S/C12H17NO3/c1-3-11(14-6-1)10-9-12(4-5-13-10)15-7-2-8-16-12/h1,3,6,10,13H,2,4-5,7-9H2. The van der Waals surface area contributed by atoms with E-state index in [0.29, 0.717) is 0 Å². The van der Waals surface area contributed by atoms with Crippen molar-refractivity contribution in [1.29, 1.82) is 0 Å². The van der Waals surface area contributed by atoms with E-state index < -0.39 is 0 Å². The topological polar surface area (TPSA) is 43.6 Å². The lowest BCUT2D eigenvalue weighted by Gasteiger charge is -2.42. The van der Waals surface area contributed by atoms with Gasteiger partial charge in [0, 0.05) is 19.4 Å². The molecule has 3 rings (SSSR count). The van der Waals surface area contributed by atoms with Crippen LogP contribution in [0.3, 0.4) is 0 Å². The van der Waals surface area contributed by atoms with E-state index in [9.17, 15) is 0 Å². The Bertz CT molecular complexity index is 325. The largest absolute Gasteiger partial charge is 0.468 e. The van der Waals surface area contributed by atoms with Crippen molar-refractivity contribution in [3.05, 3.63) is 24.2 Å². The molecule has 0 saturated carbocycles. The Balaban J connectivity index is 1.74. The molecule has 0 aromatic carbocycles. The Morgan fingerprint density at radius 1 is 1.31 bits per heavy atom. The van der Waals surface area contributed by atoms with Crippen molar-refractivity contribution in [3.63, 3.8) is 0 Å². The molecule has 4 heteroatoms. The molecule has 0 radical (unpaired) electrons. The molecule has 1 atom stereocenters. The first-order valence-electron chi connectivity index (χ1n) is 5.93. The third-order valence-electron chi connectivity index (χ3n) is 3.32. The highest BCUT2D eigenvalue weighted by atomic mass is 16.7. The first-order valence-corrected chi connectivity index (χ1v) is 5.93. The van der Waals surface area contributed by atoms with Gasteiger partial charge in [-0.2, -0.15) is 0 Å². The summed E-state index contributed by atoms with van der Waals surface area (Å²) in [6, 6.07) is 4.13. The van der Waals surface area contributed by atoms with Crippen molar-refractivity contribution < 1.29 is 13.9 Å². The molecular formula is C12H17NO3. The normalized spacial score (nSPS) is 29.4. The predicted molar refractivity (Wildman–Crippen MR) is 57.9 cm³/mol. The van der Waals surface area contributed by atoms with Crippen LogP contribution < -0.4 is 5.32 Å². The summed E-state index contributed by atoms with van der Waals surface area (Å²) in [5, 5.41) is 3.44. The molecule has 0 bridgehead atoms. The highest BCUT2D eigenvalue weighted by molar-refractivity contribution is 5.07. The van der Waals surface area contributed by atoms with E-state index >= 15 is 0 Å². The van der Waals surface area contributed by atoms with Gasteiger partial charge in [-0.05, 0) is 18.6 Å². The highest BCUT2D eigenvalue weighted by Crippen LogP contribution is 2.36. The minimum atomic E-state index is -0.374. The Morgan fingerprint density at radius 3 is 2.94 bits per heavy atom. The maximum atomic E-state index is 5.83. The van der Waals surface area contributed by atoms with E-state index in [4.69, 9.17) is 13.9 Å². The van der Waals surface area contributed by atoms with Crippen LogP contribution in [0.2, 0.25) is 0 Å². The minimum Gasteiger partial charge on any atom is -0.468 e. The van der Waals surface area contributed by atoms with E-state index in [1.54, 1.807) is 6.26 Å². The van der Waals surface area contributed by atoms with Crippen LogP contribution in [0, 0.1) is 0 Å². The van der Waals surface area contributed by atoms with Crippen LogP contribution in [0.25, 0.3) is 0 Å². The molecule has 2 aliphatic heterocycles. The number of ether oxygens (including phenoxy) is 2. The Labute approximate surface area is 94.9 Å². The molecule has 16 heavy (non-hydrogen) atoms. The van der Waals surface area contributed by atoms with E-state index in [1.165, 1.54) is 0 Å². The molecule has 1 spiro atoms. The monoisotopic (exact) mass is 223 g/mol. The lowest BCUT2D eigenvalue weighted by molar-refractivity contribution is -0.282. The molecule has 2 saturated heterocycles. The lowest BCUT2D eigenvalue weighted by Crippen LogP contribution is -2.49. The van der Waals surface area contributed by atoms with Gasteiger partial charge in [-0.3, -0.25) is 0 Å². The molecule has 1 aromatic heterocycles. The van der Waals surface area contributed by atoms with Crippen molar-refractivity contribution in [3.8, 4) is 0 Å². The average Bonchev–Trinajstić information content (AvgIpc) is 2.83. The second kappa shape index (κ2) is 4.20. The molecule has 1 aromatic rings. The van der Waals surface area contributed by atoms with Crippen molar-refractivity contribution >= 4 is 0 Å². The molecule has 1 N–H and O–H groups in total. The van der Waals surface area contributed by atoms with Gasteiger partial charge in [0.25, 0.3) is 0 Å². The van der Waals surface area contributed by atoms with Crippen molar-refractivity contribution in [2.75, 3.05) is 19.8 Å². The number of rotatable bonds is 1. The van der Waals surface area contributed by atoms with Gasteiger partial charge in [0.2, 0.25) is 0 Å². The SMILES string of the molecule is c1coc(C2CC3(CCN2)OCCCO3)c1. The maximum absolute atomic E-state index is 5.83. The second-order valence-corrected chi connectivity index (χ2v) is 4.44. The van der Waals surface area contributed by atoms with E-state index in [1.807, 2.05) is 12.1 Å². The molecule has 2 fully saturated rings. The number of hydrogen-bond acceptors (Lipinski definition) is 4. The van der Waals surface area contributed by atoms with Gasteiger partial charge >= 0.3 is 0 Å². The Kier molecular flexibility index (Phi) is 2.71. The molecule has 88 valence electrons. The average molecular weight is 223 g/mol. The molecule has 0 amide bonds. The van der Waals surface area contributed by atoms with E-state index in [-0.39, 0.29) is 11.8 Å². The van der Waals surface area contributed by atoms with Crippen molar-refractivity contribution in [2.45, 2.75) is 31.1 Å². The second-order valence-electron chi connectivity index (χ2n) is 4.44. The summed E-state index contributed by atoms with van der Waals surface area (Å²) in [4.78, 5) is 0. The fraction of sp³-hybridized carbons (Fsp3) is 0.667. The van der Waals surface area contributed by atoms with Crippen LogP contribution in [0.15, 0.2) is 22.8 Å². The quantitative estimate of drug-likeness (QED) is 0.789. The van der Waals surface area contributed by atoms with Gasteiger partial charge in [0.15, 0.2) is 5.79 Å². The van der Waals surface area contributed by atoms with Crippen molar-refractivity contribution in [2.24, 2.45) is 0 Å². The summed E-state index contributed by atoms with van der Waals surface area (Å²) < 4.78 is 17.1. The zero-order valence-electron chi connectivity index (χ0n) is 9.28. The fourth-order valence-corrected chi connectivity index (χ4v) is 2.49. The molecule has 4 nitrogen and oxygen atoms in total. The minimum absolute atomic E-state index is 0.210. The zero-order valence-corrected chi connectivity index (χ0v) is 9.28. The van der Waals surface area contributed by atoms with Crippen molar-refractivity contribution in [1.82, 2.24) is 5.32 Å². The smallest absolute Gasteiger partial charge is 0.171 e. The summed E-state index contributed by atoms with van der Waals surface area (Å²) in [7, 11) is 0. The van der Waals surface area contributed by atoms with Crippen LogP contribution >= 0.6 is 0 Å². The third-order valence-corrected chi connectivity index (χ3v) is 3.32. The number of piperidine rings is 1. The van der Waals surface area contributed by atoms with Gasteiger partial charge in [0.1, 0.15) is 5.76 Å². The fourth-order valence-electron chi connectivity index (χ4n) is 2.49. The van der Waals surface area contributed by atoms with E-state index in [0.717, 1.165) is 44.8 Å². The summed E-state index contributed by atoms with van der Waals surface area (Å²) in [5.74, 6) is 0.595. The van der Waals surface area contributed by atoms with Gasteiger partial charge in [-0.25, -0.2) is 0 Å². The first-order chi connectivity index (χ1) is 7.88. The Morgan fingerprint density at radius 2 is 2.19 bits per heavy atom. The highest BCUT2D eigenvalue weighted by Gasteiger charge is 2.41. The summed E-state index contributed by atoms with van der Waals surface area (Å²) in [6.07, 6.45) is 4.46. The van der Waals surface area contributed by atoms with Crippen LogP contribution in [0.1, 0.15) is 31.1 Å². The molecule has 2 aliphatic rings. The molecule has 0 aliphatic carbocycles. The molecular weight excluding hydrogens is 206 g/mol. The lowest BCUT2D eigenvalue weighted by atomic mass is 9.95. The maximum Gasteiger partial charge on any atom is 0.171 e. The number of furan rings is 1. The van der Waals surface area contributed by atoms with E-state index in [2.05, 4.69) is 5.32 Å².